The largest absolute Gasteiger partial charge is 0.444 e. The van der Waals surface area contributed by atoms with Gasteiger partial charge in [0.25, 0.3) is 10.0 Å². The predicted octanol–water partition coefficient (Wildman–Crippen LogP) is 6.36. The molecule has 8 nitrogen and oxygen atoms in total. The van der Waals surface area contributed by atoms with E-state index in [1.54, 1.807) is 60.1 Å². The summed E-state index contributed by atoms with van der Waals surface area (Å²) in [5, 5.41) is 7.19. The summed E-state index contributed by atoms with van der Waals surface area (Å²) in [7, 11) is -3.77. The second-order valence-corrected chi connectivity index (χ2v) is 13.5. The molecule has 5 rings (SSSR count). The van der Waals surface area contributed by atoms with Gasteiger partial charge in [0.2, 0.25) is 0 Å². The summed E-state index contributed by atoms with van der Waals surface area (Å²) in [6.45, 7) is 6.45. The first kappa shape index (κ1) is 28.5. The summed E-state index contributed by atoms with van der Waals surface area (Å²) >= 11 is 1.62. The van der Waals surface area contributed by atoms with Crippen LogP contribution in [0, 0.1) is 0 Å². The van der Waals surface area contributed by atoms with E-state index < -0.39 is 21.7 Å². The smallest absolute Gasteiger partial charge is 0.407 e. The van der Waals surface area contributed by atoms with E-state index in [0.29, 0.717) is 18.7 Å². The Morgan fingerprint density at radius 1 is 0.976 bits per heavy atom. The molecule has 0 aliphatic carbocycles. The SMILES string of the molecule is CC(C)(C)OC(=O)NCC(NCc1ccc(-c2ccnc3c2ccn3S(=O)(=O)c2ccccc2)s1)c1ccccc1. The molecule has 0 saturated carbocycles. The van der Waals surface area contributed by atoms with Crippen molar-refractivity contribution in [3.8, 4) is 10.4 Å². The van der Waals surface area contributed by atoms with Gasteiger partial charge in [0.15, 0.2) is 5.65 Å². The van der Waals surface area contributed by atoms with E-state index in [-0.39, 0.29) is 10.9 Å². The minimum atomic E-state index is -3.77. The predicted molar refractivity (Wildman–Crippen MR) is 162 cm³/mol. The molecule has 0 saturated heterocycles. The Bertz CT molecular complexity index is 1740. The lowest BCUT2D eigenvalue weighted by Gasteiger charge is -2.23. The number of carbonyl (C=O) groups is 1. The standard InChI is InChI=1S/C31H32N4O4S2/c1-31(2,3)39-30(36)34-21-27(22-10-6-4-7-11-22)33-20-23-14-15-28(40-23)25-16-18-32-29-26(25)17-19-35(29)41(37,38)24-12-8-5-9-13-24/h4-19,27,33H,20-21H2,1-3H3,(H,34,36). The fourth-order valence-corrected chi connectivity index (χ4v) is 6.78. The number of hydrogen-bond donors (Lipinski definition) is 2. The molecule has 0 spiro atoms. The highest BCUT2D eigenvalue weighted by Crippen LogP contribution is 2.34. The molecule has 3 aromatic heterocycles. The van der Waals surface area contributed by atoms with Gasteiger partial charge in [-0.2, -0.15) is 0 Å². The van der Waals surface area contributed by atoms with Gasteiger partial charge in [-0.1, -0.05) is 48.5 Å². The number of aromatic nitrogens is 2. The number of ether oxygens (including phenoxy) is 1. The second kappa shape index (κ2) is 11.9. The summed E-state index contributed by atoms with van der Waals surface area (Å²) in [5.74, 6) is 0. The molecule has 0 fully saturated rings. The number of rotatable bonds is 9. The van der Waals surface area contributed by atoms with Crippen molar-refractivity contribution >= 4 is 38.5 Å². The second-order valence-electron chi connectivity index (χ2n) is 10.5. The van der Waals surface area contributed by atoms with E-state index in [9.17, 15) is 13.2 Å². The van der Waals surface area contributed by atoms with Gasteiger partial charge in [-0.3, -0.25) is 0 Å². The van der Waals surface area contributed by atoms with E-state index in [1.165, 1.54) is 3.97 Å². The zero-order chi connectivity index (χ0) is 29.0. The van der Waals surface area contributed by atoms with Gasteiger partial charge in [-0.15, -0.1) is 11.3 Å². The molecule has 5 aromatic rings. The first-order valence-corrected chi connectivity index (χ1v) is 15.5. The normalized spacial score (nSPS) is 12.8. The van der Waals surface area contributed by atoms with Crippen LogP contribution in [0.3, 0.4) is 0 Å². The summed E-state index contributed by atoms with van der Waals surface area (Å²) in [4.78, 5) is 19.0. The van der Waals surface area contributed by atoms with Gasteiger partial charge < -0.3 is 15.4 Å². The van der Waals surface area contributed by atoms with Crippen molar-refractivity contribution in [2.24, 2.45) is 0 Å². The van der Waals surface area contributed by atoms with Crippen LogP contribution in [0.5, 0.6) is 0 Å². The lowest BCUT2D eigenvalue weighted by molar-refractivity contribution is 0.0522. The minimum Gasteiger partial charge on any atom is -0.444 e. The van der Waals surface area contributed by atoms with Crippen LogP contribution >= 0.6 is 11.3 Å². The van der Waals surface area contributed by atoms with Gasteiger partial charge in [0.05, 0.1) is 10.9 Å². The molecule has 0 aliphatic heterocycles. The highest BCUT2D eigenvalue weighted by molar-refractivity contribution is 7.90. The maximum Gasteiger partial charge on any atom is 0.407 e. The highest BCUT2D eigenvalue weighted by Gasteiger charge is 2.22. The zero-order valence-electron chi connectivity index (χ0n) is 23.1. The third kappa shape index (κ3) is 6.67. The first-order valence-electron chi connectivity index (χ1n) is 13.2. The molecule has 212 valence electrons. The highest BCUT2D eigenvalue weighted by atomic mass is 32.2. The van der Waals surface area contributed by atoms with Crippen molar-refractivity contribution < 1.29 is 17.9 Å². The van der Waals surface area contributed by atoms with Crippen LogP contribution in [0.1, 0.15) is 37.3 Å². The molecule has 2 N–H and O–H groups in total. The van der Waals surface area contributed by atoms with Crippen LogP contribution in [0.25, 0.3) is 21.5 Å². The van der Waals surface area contributed by atoms with E-state index in [1.807, 2.05) is 63.2 Å². The molecule has 41 heavy (non-hydrogen) atoms. The van der Waals surface area contributed by atoms with Crippen LogP contribution in [0.15, 0.2) is 102 Å². The molecule has 1 atom stereocenters. The quantitative estimate of drug-likeness (QED) is 0.208. The van der Waals surface area contributed by atoms with Gasteiger partial charge in [0, 0.05) is 46.2 Å². The number of fused-ring (bicyclic) bond motifs is 1. The number of nitrogens with one attached hydrogen (secondary N) is 2. The molecule has 1 amide bonds. The summed E-state index contributed by atoms with van der Waals surface area (Å²) < 4.78 is 33.2. The maximum atomic E-state index is 13.3. The topological polar surface area (TPSA) is 102 Å². The van der Waals surface area contributed by atoms with Crippen molar-refractivity contribution in [2.75, 3.05) is 6.54 Å². The molecule has 2 aromatic carbocycles. The maximum absolute atomic E-state index is 13.3. The number of pyridine rings is 1. The Labute approximate surface area is 244 Å². The molecule has 0 bridgehead atoms. The van der Waals surface area contributed by atoms with Gasteiger partial charge in [-0.05, 0) is 62.7 Å². The number of alkyl carbamates (subject to hydrolysis) is 1. The number of amides is 1. The molecule has 0 radical (unpaired) electrons. The zero-order valence-corrected chi connectivity index (χ0v) is 24.7. The molecular formula is C31H32N4O4S2. The Kier molecular flexibility index (Phi) is 8.25. The van der Waals surface area contributed by atoms with Crippen LogP contribution < -0.4 is 10.6 Å². The Morgan fingerprint density at radius 2 is 1.68 bits per heavy atom. The lowest BCUT2D eigenvalue weighted by atomic mass is 10.1. The van der Waals surface area contributed by atoms with E-state index in [0.717, 1.165) is 26.3 Å². The third-order valence-corrected chi connectivity index (χ3v) is 9.15. The number of carbonyl (C=O) groups excluding carboxylic acids is 1. The van der Waals surface area contributed by atoms with Gasteiger partial charge >= 0.3 is 6.09 Å². The van der Waals surface area contributed by atoms with Crippen molar-refractivity contribution in [2.45, 2.75) is 43.9 Å². The van der Waals surface area contributed by atoms with Crippen molar-refractivity contribution in [1.29, 1.82) is 0 Å². The van der Waals surface area contributed by atoms with Crippen molar-refractivity contribution in [3.05, 3.63) is 108 Å². The van der Waals surface area contributed by atoms with Gasteiger partial charge in [0.1, 0.15) is 5.60 Å². The third-order valence-electron chi connectivity index (χ3n) is 6.36. The van der Waals surface area contributed by atoms with Gasteiger partial charge in [-0.25, -0.2) is 22.2 Å². The summed E-state index contributed by atoms with van der Waals surface area (Å²) in [6.07, 6.45) is 2.74. The van der Waals surface area contributed by atoms with Crippen LogP contribution in [-0.2, 0) is 21.3 Å². The average Bonchev–Trinajstić information content (AvgIpc) is 3.61. The fourth-order valence-electron chi connectivity index (χ4n) is 4.46. The van der Waals surface area contributed by atoms with E-state index >= 15 is 0 Å². The molecule has 3 heterocycles. The van der Waals surface area contributed by atoms with Crippen LogP contribution in [0.4, 0.5) is 4.79 Å². The fraction of sp³-hybridized carbons (Fsp3) is 0.226. The van der Waals surface area contributed by atoms with Crippen molar-refractivity contribution in [3.63, 3.8) is 0 Å². The molecule has 10 heteroatoms. The van der Waals surface area contributed by atoms with E-state index in [2.05, 4.69) is 21.7 Å². The Hall–Kier alpha value is -3.99. The Balaban J connectivity index is 1.34. The molecule has 0 aliphatic rings. The monoisotopic (exact) mass is 588 g/mol. The van der Waals surface area contributed by atoms with Crippen LogP contribution in [-0.4, -0.2) is 35.6 Å². The van der Waals surface area contributed by atoms with Crippen LogP contribution in [0.2, 0.25) is 0 Å². The van der Waals surface area contributed by atoms with Crippen molar-refractivity contribution in [1.82, 2.24) is 19.6 Å². The number of thiophene rings is 1. The molecule has 1 unspecified atom stereocenters. The van der Waals surface area contributed by atoms with E-state index in [4.69, 9.17) is 4.74 Å². The minimum absolute atomic E-state index is 0.126. The molecular weight excluding hydrogens is 556 g/mol. The number of nitrogens with zero attached hydrogens (tertiary/aromatic N) is 2. The first-order chi connectivity index (χ1) is 19.6. The summed E-state index contributed by atoms with van der Waals surface area (Å²) in [6, 6.07) is 26.0. The lowest BCUT2D eigenvalue weighted by Crippen LogP contribution is -2.38. The Morgan fingerprint density at radius 3 is 2.39 bits per heavy atom. The number of benzene rings is 2. The summed E-state index contributed by atoms with van der Waals surface area (Å²) in [5.41, 5.74) is 1.78. The number of hydrogen-bond acceptors (Lipinski definition) is 7. The average molecular weight is 589 g/mol.